The zero-order valence-electron chi connectivity index (χ0n) is 6.36. The molecule has 68 valence electrons. The lowest BCUT2D eigenvalue weighted by atomic mass is 10.3. The molecule has 0 amide bonds. The Labute approximate surface area is 70.7 Å². The number of rotatable bonds is 4. The minimum Gasteiger partial charge on any atom is -0.469 e. The summed E-state index contributed by atoms with van der Waals surface area (Å²) in [7, 11) is -3.57. The van der Waals surface area contributed by atoms with E-state index in [1.165, 1.54) is 6.26 Å². The Morgan fingerprint density at radius 1 is 1.58 bits per heavy atom. The minimum absolute atomic E-state index is 0.256. The molecule has 6 heteroatoms. The summed E-state index contributed by atoms with van der Waals surface area (Å²) in [6.45, 7) is 0.256. The average molecular weight is 190 g/mol. The molecule has 5 nitrogen and oxygen atoms in total. The summed E-state index contributed by atoms with van der Waals surface area (Å²) >= 11 is 0. The van der Waals surface area contributed by atoms with Crippen LogP contribution >= 0.6 is 0 Å². The lowest BCUT2D eigenvalue weighted by Crippen LogP contribution is -2.32. The fraction of sp³-hybridized carbons (Fsp3) is 0.333. The van der Waals surface area contributed by atoms with E-state index >= 15 is 0 Å². The highest BCUT2D eigenvalue weighted by atomic mass is 32.2. The third-order valence-electron chi connectivity index (χ3n) is 1.25. The molecule has 1 heterocycles. The number of hydrogen-bond donors (Lipinski definition) is 2. The summed E-state index contributed by atoms with van der Waals surface area (Å²) in [6.07, 6.45) is 2.04. The maximum absolute atomic E-state index is 10.4. The van der Waals surface area contributed by atoms with Gasteiger partial charge in [-0.15, -0.1) is 0 Å². The molecular formula is C6H10N2O3S. The summed E-state index contributed by atoms with van der Waals surface area (Å²) in [5.74, 6) is 0.728. The quantitative estimate of drug-likeness (QED) is 0.678. The minimum atomic E-state index is -3.57. The number of nitrogens with two attached hydrogens (primary N) is 1. The van der Waals surface area contributed by atoms with Crippen molar-refractivity contribution in [3.63, 3.8) is 0 Å². The van der Waals surface area contributed by atoms with Gasteiger partial charge in [-0.05, 0) is 12.1 Å². The van der Waals surface area contributed by atoms with Gasteiger partial charge in [-0.3, -0.25) is 0 Å². The van der Waals surface area contributed by atoms with E-state index in [4.69, 9.17) is 9.56 Å². The summed E-state index contributed by atoms with van der Waals surface area (Å²) in [6, 6.07) is 3.51. The van der Waals surface area contributed by atoms with E-state index in [-0.39, 0.29) is 6.54 Å². The van der Waals surface area contributed by atoms with Crippen molar-refractivity contribution in [3.8, 4) is 0 Å². The Morgan fingerprint density at radius 2 is 2.33 bits per heavy atom. The molecule has 0 aromatic carbocycles. The summed E-state index contributed by atoms with van der Waals surface area (Å²) in [5.41, 5.74) is 0. The van der Waals surface area contributed by atoms with Crippen LogP contribution in [0.1, 0.15) is 5.76 Å². The molecule has 0 radical (unpaired) electrons. The van der Waals surface area contributed by atoms with Crippen LogP contribution in [-0.2, 0) is 16.6 Å². The van der Waals surface area contributed by atoms with Crippen LogP contribution in [0.15, 0.2) is 22.8 Å². The van der Waals surface area contributed by atoms with E-state index in [1.807, 2.05) is 0 Å². The maximum Gasteiger partial charge on any atom is 0.274 e. The van der Waals surface area contributed by atoms with Crippen LogP contribution in [0.3, 0.4) is 0 Å². The molecular weight excluding hydrogens is 180 g/mol. The molecule has 0 aliphatic carbocycles. The van der Waals surface area contributed by atoms with E-state index in [0.29, 0.717) is 6.42 Å². The van der Waals surface area contributed by atoms with Crippen molar-refractivity contribution in [1.82, 2.24) is 4.72 Å². The van der Waals surface area contributed by atoms with Crippen LogP contribution in [0.5, 0.6) is 0 Å². The lowest BCUT2D eigenvalue weighted by molar-refractivity contribution is 0.506. The van der Waals surface area contributed by atoms with Gasteiger partial charge in [0.05, 0.1) is 6.26 Å². The van der Waals surface area contributed by atoms with Gasteiger partial charge in [0.15, 0.2) is 0 Å². The van der Waals surface area contributed by atoms with Gasteiger partial charge in [-0.25, -0.2) is 9.86 Å². The molecule has 1 aromatic heterocycles. The van der Waals surface area contributed by atoms with Gasteiger partial charge in [-0.2, -0.15) is 8.42 Å². The molecule has 12 heavy (non-hydrogen) atoms. The second-order valence-electron chi connectivity index (χ2n) is 2.27. The first-order chi connectivity index (χ1) is 5.58. The highest BCUT2D eigenvalue weighted by molar-refractivity contribution is 7.87. The molecule has 0 bridgehead atoms. The van der Waals surface area contributed by atoms with Crippen molar-refractivity contribution in [1.29, 1.82) is 0 Å². The van der Waals surface area contributed by atoms with Gasteiger partial charge in [0.2, 0.25) is 0 Å². The van der Waals surface area contributed by atoms with E-state index in [1.54, 1.807) is 12.1 Å². The number of hydrogen-bond acceptors (Lipinski definition) is 3. The molecule has 1 aromatic rings. The van der Waals surface area contributed by atoms with Gasteiger partial charge in [0.1, 0.15) is 5.76 Å². The summed E-state index contributed by atoms with van der Waals surface area (Å²) in [5, 5.41) is 4.71. The van der Waals surface area contributed by atoms with Crippen LogP contribution in [0.2, 0.25) is 0 Å². The van der Waals surface area contributed by atoms with Crippen LogP contribution in [-0.4, -0.2) is 15.0 Å². The van der Waals surface area contributed by atoms with Crippen molar-refractivity contribution in [2.75, 3.05) is 6.54 Å². The molecule has 0 unspecified atom stereocenters. The predicted octanol–water partition coefficient (Wildman–Crippen LogP) is -0.385. The Kier molecular flexibility index (Phi) is 2.85. The average Bonchev–Trinajstić information content (AvgIpc) is 2.36. The Hall–Kier alpha value is -0.850. The summed E-state index contributed by atoms with van der Waals surface area (Å²) in [4.78, 5) is 0. The largest absolute Gasteiger partial charge is 0.469 e. The molecule has 0 aliphatic heterocycles. The monoisotopic (exact) mass is 190 g/mol. The Bertz CT molecular complexity index is 317. The zero-order valence-corrected chi connectivity index (χ0v) is 7.17. The maximum atomic E-state index is 10.4. The normalized spacial score (nSPS) is 11.8. The van der Waals surface area contributed by atoms with Gasteiger partial charge in [0, 0.05) is 13.0 Å². The van der Waals surface area contributed by atoms with Gasteiger partial charge < -0.3 is 4.42 Å². The standard InChI is InChI=1S/C6H10N2O3S/c7-12(9,10)8-4-3-6-2-1-5-11-6/h1-2,5,8H,3-4H2,(H2,7,9,10). The van der Waals surface area contributed by atoms with Crippen LogP contribution in [0, 0.1) is 0 Å². The Morgan fingerprint density at radius 3 is 2.83 bits per heavy atom. The second-order valence-corrected chi connectivity index (χ2v) is 3.65. The fourth-order valence-electron chi connectivity index (χ4n) is 0.771. The van der Waals surface area contributed by atoms with Gasteiger partial charge in [-0.1, -0.05) is 0 Å². The van der Waals surface area contributed by atoms with Crippen molar-refractivity contribution < 1.29 is 12.8 Å². The third-order valence-corrected chi connectivity index (χ3v) is 1.86. The fourth-order valence-corrected chi connectivity index (χ4v) is 1.16. The Balaban J connectivity index is 2.29. The van der Waals surface area contributed by atoms with Crippen LogP contribution in [0.25, 0.3) is 0 Å². The highest BCUT2D eigenvalue weighted by Crippen LogP contribution is 1.99. The van der Waals surface area contributed by atoms with Crippen molar-refractivity contribution in [2.45, 2.75) is 6.42 Å². The third kappa shape index (κ3) is 3.51. The molecule has 0 fully saturated rings. The lowest BCUT2D eigenvalue weighted by Gasteiger charge is -1.98. The first kappa shape index (κ1) is 9.24. The number of furan rings is 1. The molecule has 0 saturated carbocycles. The second kappa shape index (κ2) is 3.70. The molecule has 0 spiro atoms. The van der Waals surface area contributed by atoms with E-state index < -0.39 is 10.2 Å². The molecule has 1 rings (SSSR count). The van der Waals surface area contributed by atoms with Crippen molar-refractivity contribution >= 4 is 10.2 Å². The van der Waals surface area contributed by atoms with E-state index in [2.05, 4.69) is 4.72 Å². The van der Waals surface area contributed by atoms with Crippen molar-refractivity contribution in [3.05, 3.63) is 24.2 Å². The predicted molar refractivity (Wildman–Crippen MR) is 43.5 cm³/mol. The smallest absolute Gasteiger partial charge is 0.274 e. The molecule has 3 N–H and O–H groups in total. The SMILES string of the molecule is NS(=O)(=O)NCCc1ccco1. The first-order valence-electron chi connectivity index (χ1n) is 3.38. The van der Waals surface area contributed by atoms with Crippen molar-refractivity contribution in [2.24, 2.45) is 5.14 Å². The van der Waals surface area contributed by atoms with Gasteiger partial charge in [0.25, 0.3) is 10.2 Å². The van der Waals surface area contributed by atoms with Gasteiger partial charge >= 0.3 is 0 Å². The highest BCUT2D eigenvalue weighted by Gasteiger charge is 2.00. The first-order valence-corrected chi connectivity index (χ1v) is 4.92. The summed E-state index contributed by atoms with van der Waals surface area (Å²) < 4.78 is 27.9. The zero-order chi connectivity index (χ0) is 9.03. The molecule has 0 aliphatic rings. The number of nitrogens with one attached hydrogen (secondary N) is 1. The van der Waals surface area contributed by atoms with E-state index in [9.17, 15) is 8.42 Å². The van der Waals surface area contributed by atoms with E-state index in [0.717, 1.165) is 5.76 Å². The molecule has 0 atom stereocenters. The van der Waals surface area contributed by atoms with Crippen LogP contribution in [0.4, 0.5) is 0 Å². The molecule has 0 saturated heterocycles. The van der Waals surface area contributed by atoms with Crippen LogP contribution < -0.4 is 9.86 Å². The topological polar surface area (TPSA) is 85.3 Å².